The Labute approximate surface area is 277 Å². The molecule has 2 saturated heterocycles. The Morgan fingerprint density at radius 3 is 2.40 bits per heavy atom. The molecule has 0 radical (unpaired) electrons. The van der Waals surface area contributed by atoms with E-state index in [9.17, 15) is 32.7 Å². The van der Waals surface area contributed by atoms with Gasteiger partial charge in [-0.3, -0.25) is 19.4 Å². The van der Waals surface area contributed by atoms with E-state index in [2.05, 4.69) is 4.98 Å². The lowest BCUT2D eigenvalue weighted by Crippen LogP contribution is -2.61. The Bertz CT molecular complexity index is 1500. The highest BCUT2D eigenvalue weighted by Crippen LogP contribution is 2.38. The largest absolute Gasteiger partial charge is 0.444 e. The molecule has 3 heterocycles. The number of aliphatic hydroxyl groups is 1. The first kappa shape index (κ1) is 36.2. The minimum Gasteiger partial charge on any atom is -0.444 e. The predicted molar refractivity (Wildman–Crippen MR) is 173 cm³/mol. The van der Waals surface area contributed by atoms with Gasteiger partial charge in [-0.2, -0.15) is 13.2 Å². The molecule has 0 spiro atoms. The Morgan fingerprint density at radius 2 is 1.79 bits per heavy atom. The molecule has 0 bridgehead atoms. The van der Waals surface area contributed by atoms with E-state index in [1.165, 1.54) is 18.9 Å². The first-order valence-corrected chi connectivity index (χ1v) is 15.7. The number of benzene rings is 1. The summed E-state index contributed by atoms with van der Waals surface area (Å²) < 4.78 is 46.0. The SMILES string of the molecule is Cc1cc(C(F)(F)F)cc(N2C(=O)CCC2C(=O)N(C)c2cccc(Cl)c2N(C)CC(O)CN(C)C2CN(C(=O)OC(C)(C)C)C2)n1. The number of aliphatic hydroxyl groups excluding tert-OH is 1. The molecular formula is C32H42ClF3N6O5. The number of aromatic nitrogens is 1. The summed E-state index contributed by atoms with van der Waals surface area (Å²) >= 11 is 6.62. The maximum absolute atomic E-state index is 13.9. The van der Waals surface area contributed by atoms with E-state index in [1.807, 2.05) is 32.7 Å². The van der Waals surface area contributed by atoms with Crippen LogP contribution in [0.15, 0.2) is 30.3 Å². The van der Waals surface area contributed by atoms with E-state index < -0.39 is 41.3 Å². The molecule has 1 aromatic carbocycles. The second-order valence-electron chi connectivity index (χ2n) is 13.2. The van der Waals surface area contributed by atoms with Crippen LogP contribution in [0.3, 0.4) is 0 Å². The summed E-state index contributed by atoms with van der Waals surface area (Å²) in [4.78, 5) is 50.9. The third kappa shape index (κ3) is 8.46. The number of likely N-dealkylation sites (tertiary alicyclic amines) is 1. The lowest BCUT2D eigenvalue weighted by atomic mass is 10.1. The molecule has 2 atom stereocenters. The molecule has 4 rings (SSSR count). The molecule has 1 aromatic heterocycles. The zero-order chi connectivity index (χ0) is 35.0. The fourth-order valence-electron chi connectivity index (χ4n) is 5.79. The van der Waals surface area contributed by atoms with Gasteiger partial charge in [0, 0.05) is 58.4 Å². The van der Waals surface area contributed by atoms with Gasteiger partial charge in [0.05, 0.1) is 28.1 Å². The lowest BCUT2D eigenvalue weighted by molar-refractivity contribution is -0.137. The Morgan fingerprint density at radius 1 is 1.13 bits per heavy atom. The van der Waals surface area contributed by atoms with E-state index in [4.69, 9.17) is 16.3 Å². The molecular weight excluding hydrogens is 641 g/mol. The van der Waals surface area contributed by atoms with Crippen molar-refractivity contribution in [2.24, 2.45) is 0 Å². The number of halogens is 4. The number of aryl methyl sites for hydroxylation is 1. The number of anilines is 3. The van der Waals surface area contributed by atoms with Crippen LogP contribution in [0, 0.1) is 6.92 Å². The molecule has 3 amide bonds. The van der Waals surface area contributed by atoms with Crippen molar-refractivity contribution in [2.45, 2.75) is 70.5 Å². The molecule has 2 aromatic rings. The number of hydrogen-bond donors (Lipinski definition) is 1. The number of likely N-dealkylation sites (N-methyl/N-ethyl adjacent to an activating group) is 3. The summed E-state index contributed by atoms with van der Waals surface area (Å²) in [5, 5.41) is 11.3. The molecule has 15 heteroatoms. The quantitative estimate of drug-likeness (QED) is 0.410. The maximum Gasteiger partial charge on any atom is 0.416 e. The monoisotopic (exact) mass is 682 g/mol. The standard InChI is InChI=1S/C32H42ClF3N6O5/c1-19-13-20(32(34,35)36)14-26(37-19)42-25(11-12-27(42)44)29(45)40(7)24-10-8-9-23(33)28(24)39(6)18-22(43)17-38(5)21-15-41(16-21)30(46)47-31(2,3)4/h8-10,13-14,21-22,25,43H,11-12,15-18H2,1-7H3. The van der Waals surface area contributed by atoms with Crippen molar-refractivity contribution in [1.82, 2.24) is 14.8 Å². The van der Waals surface area contributed by atoms with E-state index >= 15 is 0 Å². The first-order chi connectivity index (χ1) is 21.8. The summed E-state index contributed by atoms with van der Waals surface area (Å²) in [6.07, 6.45) is -5.79. The third-order valence-corrected chi connectivity index (χ3v) is 8.48. The zero-order valence-corrected chi connectivity index (χ0v) is 28.4. The highest BCUT2D eigenvalue weighted by atomic mass is 35.5. The lowest BCUT2D eigenvalue weighted by Gasteiger charge is -2.44. The fraction of sp³-hybridized carbons (Fsp3) is 0.562. The average Bonchev–Trinajstić information content (AvgIpc) is 3.30. The molecule has 47 heavy (non-hydrogen) atoms. The second kappa shape index (κ2) is 13.9. The summed E-state index contributed by atoms with van der Waals surface area (Å²) in [5.74, 6) is -1.26. The van der Waals surface area contributed by atoms with Gasteiger partial charge in [-0.05, 0) is 65.4 Å². The maximum atomic E-state index is 13.9. The van der Waals surface area contributed by atoms with Crippen molar-refractivity contribution in [3.63, 3.8) is 0 Å². The number of carbonyl (C=O) groups is 3. The van der Waals surface area contributed by atoms with Gasteiger partial charge in [0.1, 0.15) is 17.5 Å². The number of para-hydroxylation sites is 1. The summed E-state index contributed by atoms with van der Waals surface area (Å²) in [7, 11) is 5.10. The van der Waals surface area contributed by atoms with Crippen molar-refractivity contribution >= 4 is 46.7 Å². The van der Waals surface area contributed by atoms with Crippen LogP contribution in [-0.4, -0.2) is 109 Å². The number of pyridine rings is 1. The van der Waals surface area contributed by atoms with E-state index in [0.717, 1.165) is 17.0 Å². The highest BCUT2D eigenvalue weighted by molar-refractivity contribution is 6.34. The highest BCUT2D eigenvalue weighted by Gasteiger charge is 2.42. The Balaban J connectivity index is 1.45. The van der Waals surface area contributed by atoms with Crippen molar-refractivity contribution in [1.29, 1.82) is 0 Å². The summed E-state index contributed by atoms with van der Waals surface area (Å²) in [6.45, 7) is 8.22. The number of nitrogens with zero attached hydrogens (tertiary/aromatic N) is 6. The minimum absolute atomic E-state index is 0.0280. The number of hydrogen-bond acceptors (Lipinski definition) is 8. The van der Waals surface area contributed by atoms with Crippen molar-refractivity contribution < 1.29 is 37.4 Å². The first-order valence-electron chi connectivity index (χ1n) is 15.3. The van der Waals surface area contributed by atoms with Gasteiger partial charge in [0.25, 0.3) is 0 Å². The van der Waals surface area contributed by atoms with Crippen molar-refractivity contribution in [3.05, 3.63) is 46.6 Å². The average molecular weight is 683 g/mol. The molecule has 2 unspecified atom stereocenters. The van der Waals surface area contributed by atoms with Gasteiger partial charge in [-0.15, -0.1) is 0 Å². The number of amides is 3. The molecule has 258 valence electrons. The predicted octanol–water partition coefficient (Wildman–Crippen LogP) is 4.57. The molecule has 11 nitrogen and oxygen atoms in total. The number of rotatable bonds is 9. The van der Waals surface area contributed by atoms with Gasteiger partial charge >= 0.3 is 12.3 Å². The zero-order valence-electron chi connectivity index (χ0n) is 27.6. The van der Waals surface area contributed by atoms with E-state index in [1.54, 1.807) is 35.0 Å². The summed E-state index contributed by atoms with van der Waals surface area (Å²) in [5.41, 5.74) is -0.632. The van der Waals surface area contributed by atoms with Crippen molar-refractivity contribution in [2.75, 3.05) is 62.0 Å². The van der Waals surface area contributed by atoms with Crippen LogP contribution in [0.1, 0.15) is 44.9 Å². The van der Waals surface area contributed by atoms with Gasteiger partial charge in [0.15, 0.2) is 0 Å². The van der Waals surface area contributed by atoms with Crippen molar-refractivity contribution in [3.8, 4) is 0 Å². The molecule has 1 N–H and O–H groups in total. The fourth-order valence-corrected chi connectivity index (χ4v) is 6.11. The van der Waals surface area contributed by atoms with Crippen LogP contribution in [0.4, 0.5) is 35.2 Å². The van der Waals surface area contributed by atoms with Crippen LogP contribution in [0.5, 0.6) is 0 Å². The third-order valence-electron chi connectivity index (χ3n) is 8.17. The normalized spacial score (nSPS) is 18.0. The summed E-state index contributed by atoms with van der Waals surface area (Å²) in [6, 6.07) is 5.61. The van der Waals surface area contributed by atoms with E-state index in [-0.39, 0.29) is 43.0 Å². The van der Waals surface area contributed by atoms with Gasteiger partial charge < -0.3 is 24.5 Å². The van der Waals surface area contributed by atoms with Crippen LogP contribution >= 0.6 is 11.6 Å². The Kier molecular flexibility index (Phi) is 10.7. The molecule has 0 saturated carbocycles. The number of ether oxygens (including phenoxy) is 1. The van der Waals surface area contributed by atoms with Crippen LogP contribution in [0.2, 0.25) is 5.02 Å². The van der Waals surface area contributed by atoms with Crippen LogP contribution in [-0.2, 0) is 20.5 Å². The topological polar surface area (TPSA) is 110 Å². The van der Waals surface area contributed by atoms with Gasteiger partial charge in [-0.1, -0.05) is 17.7 Å². The number of alkyl halides is 3. The smallest absolute Gasteiger partial charge is 0.416 e. The molecule has 2 aliphatic heterocycles. The van der Waals surface area contributed by atoms with Crippen LogP contribution in [0.25, 0.3) is 0 Å². The second-order valence-corrected chi connectivity index (χ2v) is 13.6. The van der Waals surface area contributed by atoms with Gasteiger partial charge in [-0.25, -0.2) is 9.78 Å². The number of carbonyl (C=O) groups excluding carboxylic acids is 3. The van der Waals surface area contributed by atoms with E-state index in [0.29, 0.717) is 36.0 Å². The van der Waals surface area contributed by atoms with Crippen LogP contribution < -0.4 is 14.7 Å². The Hall–Kier alpha value is -3.62. The molecule has 2 aliphatic rings. The molecule has 0 aliphatic carbocycles. The van der Waals surface area contributed by atoms with Gasteiger partial charge in [0.2, 0.25) is 11.8 Å². The minimum atomic E-state index is -4.65. The molecule has 2 fully saturated rings.